The van der Waals surface area contributed by atoms with Crippen molar-refractivity contribution in [3.8, 4) is 33.4 Å². The van der Waals surface area contributed by atoms with Gasteiger partial charge < -0.3 is 4.90 Å². The predicted molar refractivity (Wildman–Crippen MR) is 238 cm³/mol. The van der Waals surface area contributed by atoms with Gasteiger partial charge in [0.15, 0.2) is 0 Å². The van der Waals surface area contributed by atoms with E-state index in [1.165, 1.54) is 105 Å². The van der Waals surface area contributed by atoms with E-state index in [4.69, 9.17) is 0 Å². The van der Waals surface area contributed by atoms with E-state index in [2.05, 4.69) is 209 Å². The molecule has 1 unspecified atom stereocenters. The van der Waals surface area contributed by atoms with Crippen LogP contribution >= 0.6 is 11.8 Å². The molecule has 1 atom stereocenters. The largest absolute Gasteiger partial charge is 0.308 e. The van der Waals surface area contributed by atoms with Gasteiger partial charge in [-0.25, -0.2) is 0 Å². The van der Waals surface area contributed by atoms with E-state index in [1.54, 1.807) is 0 Å². The number of nitrogens with zero attached hydrogens (tertiary/aromatic N) is 1. The number of fused-ring (bicyclic) bond motifs is 12. The molecule has 12 rings (SSSR count). The lowest BCUT2D eigenvalue weighted by atomic mass is 9.64. The lowest BCUT2D eigenvalue weighted by Crippen LogP contribution is -2.32. The summed E-state index contributed by atoms with van der Waals surface area (Å²) in [6, 6.07) is 66.7. The summed E-state index contributed by atoms with van der Waals surface area (Å²) in [6.07, 6.45) is 0. The Bertz CT molecular complexity index is 2990. The van der Waals surface area contributed by atoms with Crippen LogP contribution in [0.1, 0.15) is 72.2 Å². The van der Waals surface area contributed by atoms with Crippen molar-refractivity contribution < 1.29 is 0 Å². The molecule has 0 bridgehead atoms. The van der Waals surface area contributed by atoms with Crippen molar-refractivity contribution in [1.82, 2.24) is 0 Å². The summed E-state index contributed by atoms with van der Waals surface area (Å²) in [4.78, 5) is 5.07. The summed E-state index contributed by atoms with van der Waals surface area (Å²) in [5.74, 6) is 0. The first-order chi connectivity index (χ1) is 27.8. The second-order valence-electron chi connectivity index (χ2n) is 17.2. The zero-order valence-electron chi connectivity index (χ0n) is 32.6. The Morgan fingerprint density at radius 2 is 0.912 bits per heavy atom. The number of benzene rings is 8. The highest BCUT2D eigenvalue weighted by Gasteiger charge is 2.52. The fourth-order valence-electron chi connectivity index (χ4n) is 11.2. The third-order valence-electron chi connectivity index (χ3n) is 13.7. The number of para-hydroxylation sites is 1. The first kappa shape index (κ1) is 33.1. The minimum Gasteiger partial charge on any atom is -0.308 e. The van der Waals surface area contributed by atoms with E-state index in [9.17, 15) is 0 Å². The normalized spacial score (nSPS) is 18.1. The molecular formula is C55H41NS. The van der Waals surface area contributed by atoms with E-state index in [0.717, 1.165) is 0 Å². The highest BCUT2D eigenvalue weighted by molar-refractivity contribution is 7.99. The van der Waals surface area contributed by atoms with Crippen molar-refractivity contribution in [1.29, 1.82) is 0 Å². The molecule has 0 fully saturated rings. The van der Waals surface area contributed by atoms with Crippen molar-refractivity contribution in [2.45, 2.75) is 53.7 Å². The highest BCUT2D eigenvalue weighted by atomic mass is 32.2. The van der Waals surface area contributed by atoms with Crippen LogP contribution in [0.3, 0.4) is 0 Å². The van der Waals surface area contributed by atoms with Crippen LogP contribution in [0.5, 0.6) is 0 Å². The predicted octanol–water partition coefficient (Wildman–Crippen LogP) is 14.6. The average molecular weight is 748 g/mol. The minimum atomic E-state index is -0.513. The lowest BCUT2D eigenvalue weighted by Gasteiger charge is -2.38. The molecule has 0 saturated heterocycles. The van der Waals surface area contributed by atoms with Gasteiger partial charge in [-0.1, -0.05) is 179 Å². The lowest BCUT2D eigenvalue weighted by molar-refractivity contribution is 0.633. The van der Waals surface area contributed by atoms with Crippen LogP contribution in [-0.4, -0.2) is 0 Å². The van der Waals surface area contributed by atoms with E-state index in [-0.39, 0.29) is 10.8 Å². The second-order valence-corrected chi connectivity index (χ2v) is 18.3. The zero-order valence-corrected chi connectivity index (χ0v) is 33.4. The van der Waals surface area contributed by atoms with Gasteiger partial charge in [-0.3, -0.25) is 0 Å². The Morgan fingerprint density at radius 3 is 1.63 bits per heavy atom. The summed E-state index contributed by atoms with van der Waals surface area (Å²) in [5, 5.41) is 0. The van der Waals surface area contributed by atoms with Crippen LogP contribution in [0.25, 0.3) is 33.4 Å². The molecule has 0 amide bonds. The molecule has 8 aromatic rings. The minimum absolute atomic E-state index is 0.0862. The SMILES string of the molecule is CC1(C)c2ccccc2-c2cc3c(cc21)N(c1ccc(C2(c4ccccc4)c4ccccc4-c4ccc5c(c42)C(C)(C)c2ccccc2-5)cc1)c1ccccc1S3. The topological polar surface area (TPSA) is 3.24 Å². The zero-order chi connectivity index (χ0) is 38.3. The average Bonchev–Trinajstić information content (AvgIpc) is 3.77. The van der Waals surface area contributed by atoms with Gasteiger partial charge in [0.1, 0.15) is 0 Å². The first-order valence-corrected chi connectivity index (χ1v) is 21.0. The Kier molecular flexibility index (Phi) is 6.67. The summed E-state index contributed by atoms with van der Waals surface area (Å²) in [5.41, 5.74) is 22.0. The molecule has 0 radical (unpaired) electrons. The number of anilines is 3. The van der Waals surface area contributed by atoms with Gasteiger partial charge in [0.05, 0.1) is 16.8 Å². The van der Waals surface area contributed by atoms with Crippen molar-refractivity contribution in [2.75, 3.05) is 4.90 Å². The fraction of sp³-hybridized carbons (Fsp3) is 0.127. The molecule has 0 saturated carbocycles. The van der Waals surface area contributed by atoms with E-state index in [0.29, 0.717) is 0 Å². The van der Waals surface area contributed by atoms with Crippen molar-refractivity contribution >= 4 is 28.8 Å². The van der Waals surface area contributed by atoms with Crippen LogP contribution in [0, 0.1) is 0 Å². The van der Waals surface area contributed by atoms with Crippen molar-refractivity contribution in [2.24, 2.45) is 0 Å². The van der Waals surface area contributed by atoms with E-state index < -0.39 is 5.41 Å². The van der Waals surface area contributed by atoms with Gasteiger partial charge in [-0.05, 0) is 114 Å². The second kappa shape index (κ2) is 11.5. The quantitative estimate of drug-likeness (QED) is 0.177. The third-order valence-corrected chi connectivity index (χ3v) is 14.8. The maximum atomic E-state index is 2.51. The van der Waals surface area contributed by atoms with Crippen LogP contribution in [0.2, 0.25) is 0 Å². The molecule has 1 aliphatic heterocycles. The Labute approximate surface area is 339 Å². The molecule has 1 heterocycles. The molecule has 8 aromatic carbocycles. The van der Waals surface area contributed by atoms with Gasteiger partial charge in [-0.2, -0.15) is 0 Å². The standard InChI is InChI=1S/C55H41NS/c1-53(2)43-21-11-9-20-39(43)42-32-50-48(33-46(42)53)56(47-24-14-15-25-49(47)57-50)36-28-26-35(27-29-36)55(34-16-6-5-7-17-34)45-23-13-10-19-38(45)41-31-30-40-37-18-8-12-22-44(37)54(3,4)51(40)52(41)55/h5-33H,1-4H3. The maximum Gasteiger partial charge on any atom is 0.0716 e. The monoisotopic (exact) mass is 747 g/mol. The molecule has 0 spiro atoms. The Hall–Kier alpha value is -6.09. The molecule has 1 nitrogen and oxygen atoms in total. The van der Waals surface area contributed by atoms with E-state index >= 15 is 0 Å². The summed E-state index contributed by atoms with van der Waals surface area (Å²) in [6.45, 7) is 9.62. The molecule has 0 aromatic heterocycles. The molecule has 2 heteroatoms. The molecule has 57 heavy (non-hydrogen) atoms. The van der Waals surface area contributed by atoms with Crippen LogP contribution in [0.4, 0.5) is 17.1 Å². The number of hydrogen-bond acceptors (Lipinski definition) is 2. The van der Waals surface area contributed by atoms with Crippen LogP contribution < -0.4 is 4.90 Å². The van der Waals surface area contributed by atoms with Gasteiger partial charge in [-0.15, -0.1) is 0 Å². The summed E-state index contributed by atoms with van der Waals surface area (Å²) in [7, 11) is 0. The molecule has 4 aliphatic rings. The van der Waals surface area contributed by atoms with Gasteiger partial charge in [0, 0.05) is 26.3 Å². The molecule has 0 N–H and O–H groups in total. The smallest absolute Gasteiger partial charge is 0.0716 e. The van der Waals surface area contributed by atoms with Gasteiger partial charge in [0.25, 0.3) is 0 Å². The number of rotatable bonds is 3. The van der Waals surface area contributed by atoms with Crippen LogP contribution in [0.15, 0.2) is 186 Å². The Balaban J connectivity index is 1.09. The summed E-state index contributed by atoms with van der Waals surface area (Å²) >= 11 is 1.89. The van der Waals surface area contributed by atoms with Crippen LogP contribution in [-0.2, 0) is 16.2 Å². The van der Waals surface area contributed by atoms with Gasteiger partial charge >= 0.3 is 0 Å². The van der Waals surface area contributed by atoms with Gasteiger partial charge in [0.2, 0.25) is 0 Å². The maximum absolute atomic E-state index is 2.51. The highest BCUT2D eigenvalue weighted by Crippen LogP contribution is 2.63. The van der Waals surface area contributed by atoms with E-state index in [1.807, 2.05) is 11.8 Å². The molecule has 272 valence electrons. The van der Waals surface area contributed by atoms with Crippen molar-refractivity contribution in [3.05, 3.63) is 220 Å². The van der Waals surface area contributed by atoms with Crippen molar-refractivity contribution in [3.63, 3.8) is 0 Å². The third kappa shape index (κ3) is 4.21. The molecular weight excluding hydrogens is 707 g/mol. The first-order valence-electron chi connectivity index (χ1n) is 20.2. The Morgan fingerprint density at radius 1 is 0.368 bits per heavy atom. The molecule has 3 aliphatic carbocycles. The fourth-order valence-corrected chi connectivity index (χ4v) is 12.3. The number of hydrogen-bond donors (Lipinski definition) is 0. The summed E-state index contributed by atoms with van der Waals surface area (Å²) < 4.78 is 0.